The summed E-state index contributed by atoms with van der Waals surface area (Å²) in [7, 11) is -3.88. The van der Waals surface area contributed by atoms with Gasteiger partial charge in [0.1, 0.15) is 0 Å². The summed E-state index contributed by atoms with van der Waals surface area (Å²) < 4.78 is 23.6. The smallest absolute Gasteiger partial charge is 0.251 e. The zero-order valence-electron chi connectivity index (χ0n) is 14.1. The number of hydrogen-bond donors (Lipinski definition) is 4. The van der Waals surface area contributed by atoms with Crippen molar-refractivity contribution in [3.8, 4) is 11.1 Å². The molecule has 2 aromatic carbocycles. The van der Waals surface area contributed by atoms with Gasteiger partial charge in [0.2, 0.25) is 10.0 Å². The SMILES string of the molecule is NS(=O)(=O)c1ccccc1-c1cccc(C(=O)NC[C@@]2(O)CCNC2)c1. The highest BCUT2D eigenvalue weighted by Gasteiger charge is 2.31. The van der Waals surface area contributed by atoms with Crippen molar-refractivity contribution in [1.29, 1.82) is 0 Å². The van der Waals surface area contributed by atoms with Crippen LogP contribution >= 0.6 is 0 Å². The molecule has 0 radical (unpaired) electrons. The predicted octanol–water partition coefficient (Wildman–Crippen LogP) is 0.455. The molecular weight excluding hydrogens is 354 g/mol. The lowest BCUT2D eigenvalue weighted by Crippen LogP contribution is -2.44. The molecule has 1 heterocycles. The Labute approximate surface area is 152 Å². The first-order chi connectivity index (χ1) is 12.3. The van der Waals surface area contributed by atoms with Crippen LogP contribution in [-0.4, -0.2) is 44.7 Å². The van der Waals surface area contributed by atoms with Crippen LogP contribution < -0.4 is 15.8 Å². The molecule has 1 aliphatic heterocycles. The number of β-amino-alcohol motifs (C(OH)–C–C–N with tert-alkyl or cyclic N) is 1. The summed E-state index contributed by atoms with van der Waals surface area (Å²) in [6.45, 7) is 1.30. The first-order valence-electron chi connectivity index (χ1n) is 8.22. The second kappa shape index (κ2) is 7.16. The zero-order valence-corrected chi connectivity index (χ0v) is 14.9. The van der Waals surface area contributed by atoms with Crippen LogP contribution in [0.3, 0.4) is 0 Å². The van der Waals surface area contributed by atoms with E-state index in [0.717, 1.165) is 0 Å². The fraction of sp³-hybridized carbons (Fsp3) is 0.278. The van der Waals surface area contributed by atoms with Gasteiger partial charge in [-0.3, -0.25) is 4.79 Å². The number of carbonyl (C=O) groups is 1. The molecule has 8 heteroatoms. The lowest BCUT2D eigenvalue weighted by molar-refractivity contribution is 0.0562. The van der Waals surface area contributed by atoms with Crippen LogP contribution in [0.1, 0.15) is 16.8 Å². The Morgan fingerprint density at radius 2 is 2.00 bits per heavy atom. The lowest BCUT2D eigenvalue weighted by atomic mass is 10.0. The number of carbonyl (C=O) groups excluding carboxylic acids is 1. The molecule has 0 bridgehead atoms. The van der Waals surface area contributed by atoms with Gasteiger partial charge in [0, 0.05) is 24.2 Å². The zero-order chi connectivity index (χ0) is 18.8. The summed E-state index contributed by atoms with van der Waals surface area (Å²) >= 11 is 0. The van der Waals surface area contributed by atoms with Crippen LogP contribution in [-0.2, 0) is 10.0 Å². The number of primary sulfonamides is 1. The molecule has 138 valence electrons. The molecule has 2 aromatic rings. The number of nitrogens with two attached hydrogens (primary N) is 1. The molecule has 3 rings (SSSR count). The lowest BCUT2D eigenvalue weighted by Gasteiger charge is -2.21. The summed E-state index contributed by atoms with van der Waals surface area (Å²) in [4.78, 5) is 12.4. The molecule has 1 fully saturated rings. The van der Waals surface area contributed by atoms with Crippen LogP contribution in [0.4, 0.5) is 0 Å². The van der Waals surface area contributed by atoms with E-state index in [1.165, 1.54) is 6.07 Å². The minimum atomic E-state index is -3.88. The number of benzene rings is 2. The van der Waals surface area contributed by atoms with E-state index in [1.807, 2.05) is 0 Å². The summed E-state index contributed by atoms with van der Waals surface area (Å²) in [6.07, 6.45) is 0.578. The van der Waals surface area contributed by atoms with Crippen LogP contribution in [0.5, 0.6) is 0 Å². The predicted molar refractivity (Wildman–Crippen MR) is 98.0 cm³/mol. The number of hydrogen-bond acceptors (Lipinski definition) is 5. The fourth-order valence-corrected chi connectivity index (χ4v) is 3.77. The average Bonchev–Trinajstić information content (AvgIpc) is 3.06. The van der Waals surface area contributed by atoms with Gasteiger partial charge in [-0.05, 0) is 36.7 Å². The van der Waals surface area contributed by atoms with E-state index in [9.17, 15) is 18.3 Å². The molecule has 26 heavy (non-hydrogen) atoms. The highest BCUT2D eigenvalue weighted by molar-refractivity contribution is 7.89. The second-order valence-electron chi connectivity index (χ2n) is 6.46. The molecule has 1 aliphatic rings. The summed E-state index contributed by atoms with van der Waals surface area (Å²) in [6, 6.07) is 13.0. The Morgan fingerprint density at radius 3 is 2.69 bits per heavy atom. The fourth-order valence-electron chi connectivity index (χ4n) is 3.01. The molecule has 0 spiro atoms. The van der Waals surface area contributed by atoms with Crippen molar-refractivity contribution in [1.82, 2.24) is 10.6 Å². The maximum absolute atomic E-state index is 12.4. The number of amides is 1. The average molecular weight is 375 g/mol. The van der Waals surface area contributed by atoms with E-state index in [0.29, 0.717) is 36.2 Å². The van der Waals surface area contributed by atoms with E-state index < -0.39 is 15.6 Å². The van der Waals surface area contributed by atoms with E-state index in [1.54, 1.807) is 42.5 Å². The number of nitrogens with one attached hydrogen (secondary N) is 2. The van der Waals surface area contributed by atoms with Crippen LogP contribution in [0.2, 0.25) is 0 Å². The first kappa shape index (κ1) is 18.5. The van der Waals surface area contributed by atoms with Gasteiger partial charge in [-0.15, -0.1) is 0 Å². The quantitative estimate of drug-likeness (QED) is 0.605. The molecule has 1 atom stereocenters. The number of sulfonamides is 1. The standard InChI is InChI=1S/C18H21N3O4S/c19-26(24,25)16-7-2-1-6-15(16)13-4-3-5-14(10-13)17(22)21-12-18(23)8-9-20-11-18/h1-7,10,20,23H,8-9,11-12H2,(H,21,22)(H2,19,24,25)/t18-/m1/s1. The monoisotopic (exact) mass is 375 g/mol. The van der Waals surface area contributed by atoms with E-state index >= 15 is 0 Å². The van der Waals surface area contributed by atoms with Crippen LogP contribution in [0, 0.1) is 0 Å². The highest BCUT2D eigenvalue weighted by Crippen LogP contribution is 2.27. The molecule has 5 N–H and O–H groups in total. The number of rotatable bonds is 5. The first-order valence-corrected chi connectivity index (χ1v) is 9.77. The Hall–Kier alpha value is -2.26. The Bertz CT molecular complexity index is 922. The minimum Gasteiger partial charge on any atom is -0.387 e. The van der Waals surface area contributed by atoms with Crippen LogP contribution in [0.15, 0.2) is 53.4 Å². The van der Waals surface area contributed by atoms with Gasteiger partial charge >= 0.3 is 0 Å². The van der Waals surface area contributed by atoms with Gasteiger partial charge in [-0.1, -0.05) is 30.3 Å². The molecule has 0 unspecified atom stereocenters. The second-order valence-corrected chi connectivity index (χ2v) is 7.99. The maximum Gasteiger partial charge on any atom is 0.251 e. The van der Waals surface area contributed by atoms with E-state index in [2.05, 4.69) is 10.6 Å². The summed E-state index contributed by atoms with van der Waals surface area (Å²) in [5.41, 5.74) is 0.445. The van der Waals surface area contributed by atoms with Crippen LogP contribution in [0.25, 0.3) is 11.1 Å². The third-order valence-corrected chi connectivity index (χ3v) is 5.40. The van der Waals surface area contributed by atoms with Gasteiger partial charge < -0.3 is 15.7 Å². The molecule has 1 saturated heterocycles. The van der Waals surface area contributed by atoms with Crippen molar-refractivity contribution in [2.75, 3.05) is 19.6 Å². The van der Waals surface area contributed by atoms with Gasteiger partial charge in [0.15, 0.2) is 0 Å². The highest BCUT2D eigenvalue weighted by atomic mass is 32.2. The Morgan fingerprint density at radius 1 is 1.23 bits per heavy atom. The van der Waals surface area contributed by atoms with Crippen molar-refractivity contribution < 1.29 is 18.3 Å². The molecular formula is C18H21N3O4S. The Balaban J connectivity index is 1.84. The molecule has 0 aliphatic carbocycles. The van der Waals surface area contributed by atoms with Crippen molar-refractivity contribution in [2.45, 2.75) is 16.9 Å². The largest absolute Gasteiger partial charge is 0.387 e. The molecule has 0 aromatic heterocycles. The van der Waals surface area contributed by atoms with Crippen molar-refractivity contribution in [3.63, 3.8) is 0 Å². The Kier molecular flexibility index (Phi) is 5.10. The van der Waals surface area contributed by atoms with Crippen molar-refractivity contribution >= 4 is 15.9 Å². The van der Waals surface area contributed by atoms with Gasteiger partial charge in [0.05, 0.1) is 10.5 Å². The van der Waals surface area contributed by atoms with E-state index in [-0.39, 0.29) is 17.3 Å². The topological polar surface area (TPSA) is 122 Å². The van der Waals surface area contributed by atoms with E-state index in [4.69, 9.17) is 5.14 Å². The van der Waals surface area contributed by atoms with Gasteiger partial charge in [-0.2, -0.15) is 0 Å². The molecule has 0 saturated carbocycles. The maximum atomic E-state index is 12.4. The van der Waals surface area contributed by atoms with Crippen molar-refractivity contribution in [2.24, 2.45) is 5.14 Å². The molecule has 1 amide bonds. The van der Waals surface area contributed by atoms with Gasteiger partial charge in [0.25, 0.3) is 5.91 Å². The minimum absolute atomic E-state index is 0.00361. The third-order valence-electron chi connectivity index (χ3n) is 4.43. The molecule has 7 nitrogen and oxygen atoms in total. The summed E-state index contributed by atoms with van der Waals surface area (Å²) in [5, 5.41) is 21.4. The van der Waals surface area contributed by atoms with Gasteiger partial charge in [-0.25, -0.2) is 13.6 Å². The normalized spacial score (nSPS) is 20.1. The third kappa shape index (κ3) is 4.10. The number of aliphatic hydroxyl groups is 1. The van der Waals surface area contributed by atoms with Crippen molar-refractivity contribution in [3.05, 3.63) is 54.1 Å². The summed E-state index contributed by atoms with van der Waals surface area (Å²) in [5.74, 6) is -0.333.